The third-order valence-electron chi connectivity index (χ3n) is 2.63. The van der Waals surface area contributed by atoms with Gasteiger partial charge in [0.25, 0.3) is 0 Å². The lowest BCUT2D eigenvalue weighted by atomic mass is 10.2. The summed E-state index contributed by atoms with van der Waals surface area (Å²) in [5, 5.41) is 13.8. The van der Waals surface area contributed by atoms with Gasteiger partial charge in [-0.3, -0.25) is 0 Å². The Balaban J connectivity index is 2.39. The summed E-state index contributed by atoms with van der Waals surface area (Å²) < 4.78 is 9.99. The van der Waals surface area contributed by atoms with Crippen LogP contribution in [0.15, 0.2) is 0 Å². The van der Waals surface area contributed by atoms with Gasteiger partial charge in [0.05, 0.1) is 18.8 Å². The van der Waals surface area contributed by atoms with Crippen molar-refractivity contribution in [2.24, 2.45) is 0 Å². The highest BCUT2D eigenvalue weighted by Gasteiger charge is 2.27. The first-order chi connectivity index (χ1) is 8.04. The van der Waals surface area contributed by atoms with Crippen LogP contribution in [0.25, 0.3) is 0 Å². The van der Waals surface area contributed by atoms with E-state index in [1.54, 1.807) is 0 Å². The van der Waals surface area contributed by atoms with Crippen LogP contribution >= 0.6 is 0 Å². The molecule has 0 saturated carbocycles. The average Bonchev–Trinajstić information content (AvgIpc) is 2.63. The third kappa shape index (κ3) is 4.20. The number of urea groups is 1. The van der Waals surface area contributed by atoms with Gasteiger partial charge in [-0.2, -0.15) is 0 Å². The lowest BCUT2D eigenvalue weighted by Crippen LogP contribution is -2.51. The van der Waals surface area contributed by atoms with Crippen LogP contribution in [0.2, 0.25) is 0 Å². The second kappa shape index (κ2) is 6.41. The van der Waals surface area contributed by atoms with Crippen molar-refractivity contribution in [2.75, 3.05) is 20.3 Å². The van der Waals surface area contributed by atoms with Crippen LogP contribution in [-0.4, -0.2) is 55.6 Å². The minimum Gasteiger partial charge on any atom is -0.480 e. The van der Waals surface area contributed by atoms with Crippen molar-refractivity contribution in [1.29, 1.82) is 0 Å². The summed E-state index contributed by atoms with van der Waals surface area (Å²) in [4.78, 5) is 22.3. The monoisotopic (exact) mass is 246 g/mol. The second-order valence-corrected chi connectivity index (χ2v) is 3.94. The predicted octanol–water partition coefficient (Wildman–Crippen LogP) is -0.437. The highest BCUT2D eigenvalue weighted by atomic mass is 16.5. The van der Waals surface area contributed by atoms with Gasteiger partial charge in [0, 0.05) is 13.7 Å². The molecule has 1 aliphatic rings. The van der Waals surface area contributed by atoms with E-state index in [2.05, 4.69) is 10.6 Å². The van der Waals surface area contributed by atoms with Gasteiger partial charge in [0.15, 0.2) is 6.04 Å². The maximum atomic E-state index is 11.5. The zero-order valence-electron chi connectivity index (χ0n) is 9.93. The Labute approximate surface area is 99.5 Å². The van der Waals surface area contributed by atoms with E-state index in [1.807, 2.05) is 6.92 Å². The number of carbonyl (C=O) groups excluding carboxylic acids is 1. The van der Waals surface area contributed by atoms with Gasteiger partial charge in [0.1, 0.15) is 0 Å². The summed E-state index contributed by atoms with van der Waals surface area (Å²) in [6, 6.07) is -1.64. The molecule has 0 aromatic rings. The topological polar surface area (TPSA) is 96.9 Å². The molecule has 0 aromatic heterocycles. The Morgan fingerprint density at radius 1 is 1.59 bits per heavy atom. The minimum atomic E-state index is -1.13. The van der Waals surface area contributed by atoms with Crippen LogP contribution in [0.5, 0.6) is 0 Å². The molecule has 1 heterocycles. The standard InChI is InChI=1S/C10H18N2O5/c1-6-7(3-4-17-6)11-10(15)12-8(5-16-2)9(13)14/h6-8H,3-5H2,1-2H3,(H,13,14)(H2,11,12,15). The summed E-state index contributed by atoms with van der Waals surface area (Å²) in [5.41, 5.74) is 0. The van der Waals surface area contributed by atoms with Crippen LogP contribution in [-0.2, 0) is 14.3 Å². The highest BCUT2D eigenvalue weighted by Crippen LogP contribution is 2.12. The molecule has 1 fully saturated rings. The Hall–Kier alpha value is -1.34. The molecule has 2 amide bonds. The van der Waals surface area contributed by atoms with E-state index in [0.29, 0.717) is 6.61 Å². The van der Waals surface area contributed by atoms with Gasteiger partial charge in [-0.25, -0.2) is 9.59 Å². The average molecular weight is 246 g/mol. The van der Waals surface area contributed by atoms with Gasteiger partial charge in [-0.05, 0) is 13.3 Å². The quantitative estimate of drug-likeness (QED) is 0.611. The Bertz CT molecular complexity index is 284. The van der Waals surface area contributed by atoms with E-state index >= 15 is 0 Å². The molecule has 3 atom stereocenters. The molecule has 0 spiro atoms. The summed E-state index contributed by atoms with van der Waals surface area (Å²) in [7, 11) is 1.38. The molecule has 17 heavy (non-hydrogen) atoms. The van der Waals surface area contributed by atoms with Gasteiger partial charge in [-0.15, -0.1) is 0 Å². The maximum absolute atomic E-state index is 11.5. The third-order valence-corrected chi connectivity index (χ3v) is 2.63. The van der Waals surface area contributed by atoms with E-state index < -0.39 is 18.0 Å². The molecule has 7 nitrogen and oxygen atoms in total. The van der Waals surface area contributed by atoms with E-state index in [1.165, 1.54) is 7.11 Å². The molecule has 0 bridgehead atoms. The van der Waals surface area contributed by atoms with Crippen LogP contribution in [0.3, 0.4) is 0 Å². The maximum Gasteiger partial charge on any atom is 0.328 e. The van der Waals surface area contributed by atoms with E-state index in [4.69, 9.17) is 14.6 Å². The highest BCUT2D eigenvalue weighted by molar-refractivity contribution is 5.82. The number of aliphatic carboxylic acids is 1. The molecular weight excluding hydrogens is 228 g/mol. The van der Waals surface area contributed by atoms with Crippen molar-refractivity contribution in [1.82, 2.24) is 10.6 Å². The second-order valence-electron chi connectivity index (χ2n) is 3.94. The van der Waals surface area contributed by atoms with Crippen LogP contribution < -0.4 is 10.6 Å². The Morgan fingerprint density at radius 3 is 2.76 bits per heavy atom. The van der Waals surface area contributed by atoms with Crippen molar-refractivity contribution in [3.05, 3.63) is 0 Å². The van der Waals surface area contributed by atoms with Crippen molar-refractivity contribution in [3.8, 4) is 0 Å². The van der Waals surface area contributed by atoms with Crippen molar-refractivity contribution < 1.29 is 24.2 Å². The van der Waals surface area contributed by atoms with Gasteiger partial charge < -0.3 is 25.2 Å². The number of amides is 2. The van der Waals surface area contributed by atoms with Gasteiger partial charge in [0.2, 0.25) is 0 Å². The van der Waals surface area contributed by atoms with E-state index in [-0.39, 0.29) is 18.8 Å². The zero-order valence-corrected chi connectivity index (χ0v) is 9.93. The molecule has 1 rings (SSSR count). The smallest absolute Gasteiger partial charge is 0.328 e. The summed E-state index contributed by atoms with van der Waals surface area (Å²) in [6.45, 7) is 2.40. The number of carboxylic acids is 1. The first kappa shape index (κ1) is 13.7. The number of methoxy groups -OCH3 is 1. The molecule has 3 unspecified atom stereocenters. The van der Waals surface area contributed by atoms with Crippen molar-refractivity contribution >= 4 is 12.0 Å². The molecule has 7 heteroatoms. The number of rotatable bonds is 5. The molecule has 1 saturated heterocycles. The lowest BCUT2D eigenvalue weighted by molar-refractivity contribution is -0.140. The van der Waals surface area contributed by atoms with Gasteiger partial charge in [-0.1, -0.05) is 0 Å². The molecule has 3 N–H and O–H groups in total. The minimum absolute atomic E-state index is 0.0496. The summed E-state index contributed by atoms with van der Waals surface area (Å²) >= 11 is 0. The van der Waals surface area contributed by atoms with Crippen molar-refractivity contribution in [2.45, 2.75) is 31.5 Å². The number of hydrogen-bond donors (Lipinski definition) is 3. The number of nitrogens with one attached hydrogen (secondary N) is 2. The molecular formula is C10H18N2O5. The molecule has 1 aliphatic heterocycles. The first-order valence-corrected chi connectivity index (χ1v) is 5.45. The Morgan fingerprint density at radius 2 is 2.29 bits per heavy atom. The predicted molar refractivity (Wildman–Crippen MR) is 58.8 cm³/mol. The SMILES string of the molecule is COCC(NC(=O)NC1CCOC1C)C(=O)O. The first-order valence-electron chi connectivity index (χ1n) is 5.45. The van der Waals surface area contributed by atoms with Crippen molar-refractivity contribution in [3.63, 3.8) is 0 Å². The van der Waals surface area contributed by atoms with Crippen LogP contribution in [0.1, 0.15) is 13.3 Å². The number of carboxylic acid groups (broad SMARTS) is 1. The van der Waals surface area contributed by atoms with E-state index in [9.17, 15) is 9.59 Å². The van der Waals surface area contributed by atoms with Gasteiger partial charge >= 0.3 is 12.0 Å². The summed E-state index contributed by atoms with van der Waals surface area (Å²) in [5.74, 6) is -1.13. The molecule has 98 valence electrons. The molecule has 0 aromatic carbocycles. The fraction of sp³-hybridized carbons (Fsp3) is 0.800. The fourth-order valence-electron chi connectivity index (χ4n) is 1.63. The van der Waals surface area contributed by atoms with E-state index in [0.717, 1.165) is 6.42 Å². The number of ether oxygens (including phenoxy) is 2. The lowest BCUT2D eigenvalue weighted by Gasteiger charge is -2.19. The Kier molecular flexibility index (Phi) is 5.17. The largest absolute Gasteiger partial charge is 0.480 e. The molecule has 0 aliphatic carbocycles. The number of hydrogen-bond acceptors (Lipinski definition) is 4. The zero-order chi connectivity index (χ0) is 12.8. The number of carbonyl (C=O) groups is 2. The van der Waals surface area contributed by atoms with Crippen LogP contribution in [0.4, 0.5) is 4.79 Å². The fourth-order valence-corrected chi connectivity index (χ4v) is 1.63. The molecule has 0 radical (unpaired) electrons. The normalized spacial score (nSPS) is 25.3. The summed E-state index contributed by atoms with van der Waals surface area (Å²) in [6.07, 6.45) is 0.683. The van der Waals surface area contributed by atoms with Crippen LogP contribution in [0, 0.1) is 0 Å².